The topological polar surface area (TPSA) is 72.5 Å². The van der Waals surface area contributed by atoms with Crippen LogP contribution in [0.1, 0.15) is 0 Å². The zero-order chi connectivity index (χ0) is 5.70. The van der Waals surface area contributed by atoms with E-state index in [0.717, 1.165) is 0 Å². The summed E-state index contributed by atoms with van der Waals surface area (Å²) in [6.07, 6.45) is 0. The molecule has 0 saturated carbocycles. The van der Waals surface area contributed by atoms with Crippen LogP contribution >= 0.6 is 0 Å². The molecule has 1 unspecified atom stereocenters. The molecule has 3 N–H and O–H groups in total. The first-order valence-electron chi connectivity index (χ1n) is 1.71. The van der Waals surface area contributed by atoms with E-state index in [4.69, 9.17) is 10.3 Å². The van der Waals surface area contributed by atoms with Gasteiger partial charge in [0.25, 0.3) is 0 Å². The summed E-state index contributed by atoms with van der Waals surface area (Å²) in [6.45, 7) is 0.398. The van der Waals surface area contributed by atoms with Gasteiger partial charge in [-0.3, -0.25) is 8.74 Å². The van der Waals surface area contributed by atoms with Crippen molar-refractivity contribution in [1.82, 2.24) is 0 Å². The van der Waals surface area contributed by atoms with E-state index in [1.807, 2.05) is 0 Å². The normalized spacial score (nSPS) is 12.2. The molecule has 8 heavy (non-hydrogen) atoms. The molecule has 0 aromatic heterocycles. The van der Waals surface area contributed by atoms with Crippen molar-refractivity contribution in [2.45, 2.75) is 0 Å². The molecule has 0 spiro atoms. The van der Waals surface area contributed by atoms with Crippen LogP contribution in [0, 0.1) is 0 Å². The van der Waals surface area contributed by atoms with Crippen molar-refractivity contribution >= 4 is 40.9 Å². The van der Waals surface area contributed by atoms with Crippen LogP contribution in [0.4, 0.5) is 0 Å². The van der Waals surface area contributed by atoms with Crippen molar-refractivity contribution in [2.75, 3.05) is 13.2 Å². The van der Waals surface area contributed by atoms with E-state index in [1.165, 1.54) is 0 Å². The first-order valence-corrected chi connectivity index (χ1v) is 2.74. The second-order valence-corrected chi connectivity index (χ2v) is 1.50. The van der Waals surface area contributed by atoms with Gasteiger partial charge in [0.05, 0.1) is 6.61 Å². The Bertz CT molecular complexity index is 70.3. The van der Waals surface area contributed by atoms with Gasteiger partial charge in [-0.15, -0.1) is 0 Å². The average molecular weight is 149 g/mol. The molecule has 0 saturated heterocycles. The monoisotopic (exact) mass is 149 g/mol. The van der Waals surface area contributed by atoms with Gasteiger partial charge >= 0.3 is 40.9 Å². The van der Waals surface area contributed by atoms with E-state index in [0.29, 0.717) is 0 Å². The fourth-order valence-electron chi connectivity index (χ4n) is 0.119. The fourth-order valence-corrected chi connectivity index (χ4v) is 0.358. The Labute approximate surface area is 72.6 Å². The van der Waals surface area contributed by atoms with Crippen LogP contribution in [-0.2, 0) is 15.5 Å². The zero-order valence-electron chi connectivity index (χ0n) is 3.66. The molecule has 0 aliphatic heterocycles. The molecule has 0 amide bonds. The molecule has 0 aromatic carbocycles. The van der Waals surface area contributed by atoms with Crippen molar-refractivity contribution in [3.8, 4) is 0 Å². The Morgan fingerprint density at radius 3 is 2.38 bits per heavy atom. The van der Waals surface area contributed by atoms with E-state index in [9.17, 15) is 4.21 Å². The molecule has 0 fully saturated rings. The predicted octanol–water partition coefficient (Wildman–Crippen LogP) is -1.55. The third kappa shape index (κ3) is 10.1. The Hall–Kier alpha value is 1.03. The van der Waals surface area contributed by atoms with Crippen LogP contribution in [0.3, 0.4) is 0 Å². The van der Waals surface area contributed by atoms with E-state index in [2.05, 4.69) is 4.18 Å². The van der Waals surface area contributed by atoms with E-state index in [1.54, 1.807) is 0 Å². The number of hydrogen-bond donors (Lipinski definition) is 2. The van der Waals surface area contributed by atoms with Gasteiger partial charge in [-0.25, -0.2) is 0 Å². The van der Waals surface area contributed by atoms with Crippen LogP contribution in [0.5, 0.6) is 0 Å². The van der Waals surface area contributed by atoms with Crippen LogP contribution < -0.4 is 5.73 Å². The summed E-state index contributed by atoms with van der Waals surface area (Å²) in [5, 5.41) is 0. The molecule has 0 aliphatic carbocycles. The molecule has 0 rings (SSSR count). The molecule has 0 heterocycles. The maximum absolute atomic E-state index is 9.59. The predicted molar refractivity (Wildman–Crippen MR) is 32.9 cm³/mol. The molecule has 4 nitrogen and oxygen atoms in total. The van der Waals surface area contributed by atoms with Gasteiger partial charge in [0.2, 0.25) is 0 Å². The van der Waals surface area contributed by atoms with Gasteiger partial charge in [0.1, 0.15) is 0 Å². The Kier molecular flexibility index (Phi) is 11.8. The number of rotatable bonds is 3. The summed E-state index contributed by atoms with van der Waals surface area (Å²) >= 11 is -2.15. The molecular weight excluding hydrogens is 141 g/mol. The number of nitrogens with two attached hydrogens (primary N) is 1. The minimum atomic E-state index is -2.15. The first kappa shape index (κ1) is 11.8. The standard InChI is InChI=1S/C2H7NO3S.Na.H/c3-1-2-6-7(4)5;;/h1-3H2,(H,4,5);;. The molecule has 1 atom stereocenters. The minimum absolute atomic E-state index is 0. The van der Waals surface area contributed by atoms with Gasteiger partial charge in [-0.2, -0.15) is 4.21 Å². The van der Waals surface area contributed by atoms with Crippen molar-refractivity contribution in [3.63, 3.8) is 0 Å². The van der Waals surface area contributed by atoms with Gasteiger partial charge in [0.15, 0.2) is 0 Å². The third-order valence-corrected chi connectivity index (χ3v) is 0.670. The van der Waals surface area contributed by atoms with E-state index >= 15 is 0 Å². The SMILES string of the molecule is NCCOS(=O)O.[NaH]. The molecule has 0 aliphatic rings. The van der Waals surface area contributed by atoms with Crippen molar-refractivity contribution in [2.24, 2.45) is 5.73 Å². The van der Waals surface area contributed by atoms with Gasteiger partial charge < -0.3 is 5.73 Å². The van der Waals surface area contributed by atoms with Crippen molar-refractivity contribution < 1.29 is 12.9 Å². The molecule has 0 aromatic rings. The van der Waals surface area contributed by atoms with Crippen LogP contribution in [0.15, 0.2) is 0 Å². The molecular formula is C2H8NNaO3S. The van der Waals surface area contributed by atoms with Gasteiger partial charge in [0, 0.05) is 6.54 Å². The van der Waals surface area contributed by atoms with Gasteiger partial charge in [-0.05, 0) is 0 Å². The van der Waals surface area contributed by atoms with Crippen LogP contribution in [0.2, 0.25) is 0 Å². The number of hydrogen-bond acceptors (Lipinski definition) is 3. The fraction of sp³-hybridized carbons (Fsp3) is 1.00. The summed E-state index contributed by atoms with van der Waals surface area (Å²) in [5.74, 6) is 0. The molecule has 46 valence electrons. The van der Waals surface area contributed by atoms with Crippen LogP contribution in [-0.4, -0.2) is 51.5 Å². The summed E-state index contributed by atoms with van der Waals surface area (Å²) in [4.78, 5) is 0. The average Bonchev–Trinajstić information content (AvgIpc) is 1.61. The Morgan fingerprint density at radius 2 is 2.25 bits per heavy atom. The first-order chi connectivity index (χ1) is 3.27. The second kappa shape index (κ2) is 8.03. The zero-order valence-corrected chi connectivity index (χ0v) is 4.48. The van der Waals surface area contributed by atoms with Crippen LogP contribution in [0.25, 0.3) is 0 Å². The third-order valence-electron chi connectivity index (χ3n) is 0.302. The summed E-state index contributed by atoms with van der Waals surface area (Å²) in [6, 6.07) is 0. The summed E-state index contributed by atoms with van der Waals surface area (Å²) < 4.78 is 21.6. The molecule has 0 bridgehead atoms. The van der Waals surface area contributed by atoms with Crippen molar-refractivity contribution in [1.29, 1.82) is 0 Å². The summed E-state index contributed by atoms with van der Waals surface area (Å²) in [7, 11) is 0. The van der Waals surface area contributed by atoms with Gasteiger partial charge in [-0.1, -0.05) is 0 Å². The Balaban J connectivity index is 0. The summed E-state index contributed by atoms with van der Waals surface area (Å²) in [5.41, 5.74) is 4.91. The van der Waals surface area contributed by atoms with E-state index < -0.39 is 11.4 Å². The quantitative estimate of drug-likeness (QED) is 0.376. The van der Waals surface area contributed by atoms with Crippen molar-refractivity contribution in [3.05, 3.63) is 0 Å². The molecule has 6 heteroatoms. The van der Waals surface area contributed by atoms with E-state index in [-0.39, 0.29) is 42.7 Å². The molecule has 0 radical (unpaired) electrons. The second-order valence-electron chi connectivity index (χ2n) is 0.828. The Morgan fingerprint density at radius 1 is 1.75 bits per heavy atom. The maximum atomic E-state index is 9.59.